The van der Waals surface area contributed by atoms with Crippen molar-refractivity contribution in [2.45, 2.75) is 19.6 Å². The minimum Gasteiger partial charge on any atom is -0.392 e. The van der Waals surface area contributed by atoms with Crippen LogP contribution in [0.3, 0.4) is 0 Å². The molecule has 1 aromatic carbocycles. The van der Waals surface area contributed by atoms with E-state index in [4.69, 9.17) is 0 Å². The van der Waals surface area contributed by atoms with Crippen LogP contribution < -0.4 is 10.2 Å². The Morgan fingerprint density at radius 2 is 2.19 bits per heavy atom. The van der Waals surface area contributed by atoms with E-state index in [0.717, 1.165) is 5.56 Å². The quantitative estimate of drug-likeness (QED) is 0.796. The molecule has 0 saturated heterocycles. The minimum atomic E-state index is -0.480. The molecule has 0 spiro atoms. The number of likely N-dealkylation sites (N-methyl/N-ethyl adjacent to an activating group) is 1. The first kappa shape index (κ1) is 12.9. The third-order valence-corrected chi connectivity index (χ3v) is 2.36. The van der Waals surface area contributed by atoms with Crippen molar-refractivity contribution < 1.29 is 9.50 Å². The third-order valence-electron chi connectivity index (χ3n) is 2.36. The zero-order valence-corrected chi connectivity index (χ0v) is 10.00. The van der Waals surface area contributed by atoms with Crippen LogP contribution in [0.5, 0.6) is 0 Å². The zero-order valence-electron chi connectivity index (χ0n) is 10.00. The monoisotopic (exact) mass is 226 g/mol. The molecule has 0 aliphatic rings. The van der Waals surface area contributed by atoms with E-state index in [1.165, 1.54) is 6.07 Å². The molecule has 3 nitrogen and oxygen atoms in total. The van der Waals surface area contributed by atoms with Crippen molar-refractivity contribution >= 4 is 5.69 Å². The highest BCUT2D eigenvalue weighted by atomic mass is 19.1. The second-order valence-electron chi connectivity index (χ2n) is 4.01. The van der Waals surface area contributed by atoms with Crippen molar-refractivity contribution in [2.75, 3.05) is 25.5 Å². The molecular weight excluding hydrogens is 207 g/mol. The molecule has 0 amide bonds. The highest BCUT2D eigenvalue weighted by Gasteiger charge is 2.13. The van der Waals surface area contributed by atoms with Crippen LogP contribution in [0.2, 0.25) is 0 Å². The van der Waals surface area contributed by atoms with Crippen LogP contribution in [0.15, 0.2) is 18.2 Å². The summed E-state index contributed by atoms with van der Waals surface area (Å²) in [7, 11) is 3.60. The Hall–Kier alpha value is -1.13. The number of hydrogen-bond donors (Lipinski definition) is 2. The van der Waals surface area contributed by atoms with E-state index in [-0.39, 0.29) is 5.82 Å². The number of benzene rings is 1. The summed E-state index contributed by atoms with van der Waals surface area (Å²) in [5.41, 5.74) is 1.45. The van der Waals surface area contributed by atoms with Crippen molar-refractivity contribution in [2.24, 2.45) is 0 Å². The van der Waals surface area contributed by atoms with E-state index >= 15 is 0 Å². The molecule has 0 fully saturated rings. The first-order valence-electron chi connectivity index (χ1n) is 5.37. The maximum absolute atomic E-state index is 13.7. The summed E-state index contributed by atoms with van der Waals surface area (Å²) < 4.78 is 13.7. The standard InChI is InChI=1S/C12H19FN2O/c1-9(16)8-15(3)12-10(7-14-2)5-4-6-11(12)13/h4-6,9,14,16H,7-8H2,1-3H3. The molecule has 1 rings (SSSR count). The first-order valence-corrected chi connectivity index (χ1v) is 5.37. The molecule has 4 heteroatoms. The van der Waals surface area contributed by atoms with Crippen molar-refractivity contribution in [3.8, 4) is 0 Å². The van der Waals surface area contributed by atoms with Gasteiger partial charge in [-0.05, 0) is 25.6 Å². The Bertz CT molecular complexity index is 342. The van der Waals surface area contributed by atoms with Gasteiger partial charge in [0.05, 0.1) is 11.8 Å². The summed E-state index contributed by atoms with van der Waals surface area (Å²) in [6.07, 6.45) is -0.480. The number of nitrogens with one attached hydrogen (secondary N) is 1. The van der Waals surface area contributed by atoms with E-state index in [9.17, 15) is 9.50 Å². The second kappa shape index (κ2) is 5.82. The van der Waals surface area contributed by atoms with E-state index in [0.29, 0.717) is 18.8 Å². The van der Waals surface area contributed by atoms with Crippen LogP contribution in [0.25, 0.3) is 0 Å². The van der Waals surface area contributed by atoms with E-state index in [1.54, 1.807) is 24.9 Å². The maximum atomic E-state index is 13.7. The van der Waals surface area contributed by atoms with Gasteiger partial charge in [-0.15, -0.1) is 0 Å². The largest absolute Gasteiger partial charge is 0.392 e. The predicted molar refractivity (Wildman–Crippen MR) is 64.1 cm³/mol. The second-order valence-corrected chi connectivity index (χ2v) is 4.01. The first-order chi connectivity index (χ1) is 7.56. The van der Waals surface area contributed by atoms with Gasteiger partial charge in [0.15, 0.2) is 0 Å². The zero-order chi connectivity index (χ0) is 12.1. The fraction of sp³-hybridized carbons (Fsp3) is 0.500. The third kappa shape index (κ3) is 3.18. The molecule has 1 aromatic rings. The Morgan fingerprint density at radius 1 is 1.50 bits per heavy atom. The SMILES string of the molecule is CNCc1cccc(F)c1N(C)CC(C)O. The smallest absolute Gasteiger partial charge is 0.146 e. The van der Waals surface area contributed by atoms with Gasteiger partial charge in [-0.25, -0.2) is 4.39 Å². The Morgan fingerprint density at radius 3 is 2.75 bits per heavy atom. The van der Waals surface area contributed by atoms with Gasteiger partial charge in [0.1, 0.15) is 5.82 Å². The molecule has 2 N–H and O–H groups in total. The molecule has 16 heavy (non-hydrogen) atoms. The summed E-state index contributed by atoms with van der Waals surface area (Å²) in [5, 5.41) is 12.3. The van der Waals surface area contributed by atoms with Crippen LogP contribution in [0.1, 0.15) is 12.5 Å². The van der Waals surface area contributed by atoms with Crippen LogP contribution in [0, 0.1) is 5.82 Å². The lowest BCUT2D eigenvalue weighted by Crippen LogP contribution is -2.29. The van der Waals surface area contributed by atoms with Crippen LogP contribution in [0.4, 0.5) is 10.1 Å². The van der Waals surface area contributed by atoms with E-state index in [1.807, 2.05) is 13.1 Å². The summed E-state index contributed by atoms with van der Waals surface area (Å²) in [5.74, 6) is -0.254. The lowest BCUT2D eigenvalue weighted by atomic mass is 10.1. The lowest BCUT2D eigenvalue weighted by molar-refractivity contribution is 0.201. The number of hydrogen-bond acceptors (Lipinski definition) is 3. The number of halogens is 1. The number of aliphatic hydroxyl groups is 1. The lowest BCUT2D eigenvalue weighted by Gasteiger charge is -2.24. The van der Waals surface area contributed by atoms with Gasteiger partial charge in [-0.2, -0.15) is 0 Å². The molecule has 90 valence electrons. The van der Waals surface area contributed by atoms with Crippen molar-refractivity contribution in [3.63, 3.8) is 0 Å². The topological polar surface area (TPSA) is 35.5 Å². The average molecular weight is 226 g/mol. The van der Waals surface area contributed by atoms with Gasteiger partial charge >= 0.3 is 0 Å². The molecule has 0 saturated carbocycles. The number of nitrogens with zero attached hydrogens (tertiary/aromatic N) is 1. The van der Waals surface area contributed by atoms with Gasteiger partial charge in [0.2, 0.25) is 0 Å². The van der Waals surface area contributed by atoms with Crippen molar-refractivity contribution in [1.29, 1.82) is 0 Å². The van der Waals surface area contributed by atoms with Crippen molar-refractivity contribution in [3.05, 3.63) is 29.6 Å². The molecule has 0 aliphatic heterocycles. The average Bonchev–Trinajstić information content (AvgIpc) is 2.16. The highest BCUT2D eigenvalue weighted by Crippen LogP contribution is 2.23. The van der Waals surface area contributed by atoms with Crippen molar-refractivity contribution in [1.82, 2.24) is 5.32 Å². The van der Waals surface area contributed by atoms with Gasteiger partial charge in [0, 0.05) is 20.1 Å². The maximum Gasteiger partial charge on any atom is 0.146 e. The number of rotatable bonds is 5. The molecule has 0 radical (unpaired) electrons. The molecule has 0 aromatic heterocycles. The van der Waals surface area contributed by atoms with Crippen LogP contribution >= 0.6 is 0 Å². The molecular formula is C12H19FN2O. The van der Waals surface area contributed by atoms with Crippen LogP contribution in [-0.2, 0) is 6.54 Å². The summed E-state index contributed by atoms with van der Waals surface area (Å²) >= 11 is 0. The fourth-order valence-electron chi connectivity index (χ4n) is 1.81. The number of para-hydroxylation sites is 1. The predicted octanol–water partition coefficient (Wildman–Crippen LogP) is 1.36. The molecule has 0 aliphatic carbocycles. The van der Waals surface area contributed by atoms with Gasteiger partial charge in [-0.3, -0.25) is 0 Å². The molecule has 1 unspecified atom stereocenters. The highest BCUT2D eigenvalue weighted by molar-refractivity contribution is 5.54. The van der Waals surface area contributed by atoms with Gasteiger partial charge in [-0.1, -0.05) is 12.1 Å². The summed E-state index contributed by atoms with van der Waals surface area (Å²) in [4.78, 5) is 1.74. The Kier molecular flexibility index (Phi) is 4.71. The summed E-state index contributed by atoms with van der Waals surface area (Å²) in [6, 6.07) is 5.02. The van der Waals surface area contributed by atoms with E-state index in [2.05, 4.69) is 5.32 Å². The summed E-state index contributed by atoms with van der Waals surface area (Å²) in [6.45, 7) is 2.71. The number of anilines is 1. The Balaban J connectivity index is 2.99. The molecule has 1 atom stereocenters. The van der Waals surface area contributed by atoms with Gasteiger partial charge < -0.3 is 15.3 Å². The minimum absolute atomic E-state index is 0.254. The number of aliphatic hydroxyl groups excluding tert-OH is 1. The molecule has 0 heterocycles. The van der Waals surface area contributed by atoms with Crippen LogP contribution in [-0.4, -0.2) is 31.9 Å². The fourth-order valence-corrected chi connectivity index (χ4v) is 1.81. The van der Waals surface area contributed by atoms with Gasteiger partial charge in [0.25, 0.3) is 0 Å². The Labute approximate surface area is 95.9 Å². The molecule has 0 bridgehead atoms. The van der Waals surface area contributed by atoms with E-state index < -0.39 is 6.10 Å². The normalized spacial score (nSPS) is 12.6.